The van der Waals surface area contributed by atoms with E-state index in [1.54, 1.807) is 6.92 Å². The van der Waals surface area contributed by atoms with Gasteiger partial charge in [-0.2, -0.15) is 0 Å². The minimum atomic E-state index is -0.720. The number of rotatable bonds is 4. The number of amides is 2. The highest BCUT2D eigenvalue weighted by molar-refractivity contribution is 5.90. The number of carbonyl (C=O) groups is 2. The molecule has 24 heavy (non-hydrogen) atoms. The van der Waals surface area contributed by atoms with E-state index in [-0.39, 0.29) is 23.8 Å². The Labute approximate surface area is 143 Å². The molecule has 0 aliphatic carbocycles. The fraction of sp³-hybridized carbons (Fsp3) is 0.579. The Morgan fingerprint density at radius 2 is 1.83 bits per heavy atom. The smallest absolute Gasteiger partial charge is 0.228 e. The van der Waals surface area contributed by atoms with E-state index < -0.39 is 12.0 Å². The minimum absolute atomic E-state index is 0.0807. The van der Waals surface area contributed by atoms with Crippen LogP contribution in [-0.4, -0.2) is 47.1 Å². The Hall–Kier alpha value is -1.88. The van der Waals surface area contributed by atoms with Gasteiger partial charge in [0.1, 0.15) is 0 Å². The number of aliphatic hydroxyl groups is 1. The molecule has 0 saturated carbocycles. The standard InChI is InChI=1S/C19H26N2O3/c1-12(17-16(13(2)22)18(23)20-17)19(24)21-10-8-15(9-11-21)14-6-4-3-5-7-14/h3-7,12-13,15-17,22H,8-11H2,1-2H3,(H,20,23)/t12-,13-,16?,17-/m1/s1. The summed E-state index contributed by atoms with van der Waals surface area (Å²) in [5.74, 6) is -0.324. The first kappa shape index (κ1) is 17.0. The van der Waals surface area contributed by atoms with Gasteiger partial charge in [-0.25, -0.2) is 0 Å². The number of nitrogens with one attached hydrogen (secondary N) is 1. The van der Waals surface area contributed by atoms with Crippen LogP contribution in [0.4, 0.5) is 0 Å². The molecule has 2 aliphatic heterocycles. The normalized spacial score (nSPS) is 27.1. The van der Waals surface area contributed by atoms with Gasteiger partial charge in [0.05, 0.1) is 24.0 Å². The van der Waals surface area contributed by atoms with E-state index in [2.05, 4.69) is 29.6 Å². The van der Waals surface area contributed by atoms with Gasteiger partial charge in [-0.05, 0) is 31.2 Å². The van der Waals surface area contributed by atoms with Gasteiger partial charge in [0.25, 0.3) is 0 Å². The van der Waals surface area contributed by atoms with E-state index >= 15 is 0 Å². The molecule has 0 radical (unpaired) electrons. The summed E-state index contributed by atoms with van der Waals surface area (Å²) in [6, 6.07) is 10.2. The molecule has 0 aromatic heterocycles. The van der Waals surface area contributed by atoms with Gasteiger partial charge in [0.15, 0.2) is 0 Å². The summed E-state index contributed by atoms with van der Waals surface area (Å²) in [6.45, 7) is 4.97. The maximum atomic E-state index is 12.7. The molecule has 130 valence electrons. The molecule has 5 nitrogen and oxygen atoms in total. The number of nitrogens with zero attached hydrogens (tertiary/aromatic N) is 1. The van der Waals surface area contributed by atoms with Crippen LogP contribution in [0.25, 0.3) is 0 Å². The fourth-order valence-corrected chi connectivity index (χ4v) is 3.97. The summed E-state index contributed by atoms with van der Waals surface area (Å²) in [4.78, 5) is 26.2. The van der Waals surface area contributed by atoms with E-state index in [0.717, 1.165) is 25.9 Å². The number of carbonyl (C=O) groups excluding carboxylic acids is 2. The zero-order valence-electron chi connectivity index (χ0n) is 14.3. The second-order valence-corrected chi connectivity index (χ2v) is 7.10. The van der Waals surface area contributed by atoms with E-state index in [0.29, 0.717) is 5.92 Å². The van der Waals surface area contributed by atoms with Gasteiger partial charge in [-0.1, -0.05) is 37.3 Å². The van der Waals surface area contributed by atoms with Crippen molar-refractivity contribution in [3.8, 4) is 0 Å². The molecule has 2 N–H and O–H groups in total. The van der Waals surface area contributed by atoms with Gasteiger partial charge in [-0.15, -0.1) is 0 Å². The lowest BCUT2D eigenvalue weighted by Crippen LogP contribution is -2.66. The Bertz CT molecular complexity index is 594. The molecule has 2 aliphatic rings. The molecule has 5 heteroatoms. The van der Waals surface area contributed by atoms with Gasteiger partial charge in [0, 0.05) is 13.1 Å². The molecule has 1 aromatic rings. The van der Waals surface area contributed by atoms with Crippen molar-refractivity contribution in [1.29, 1.82) is 0 Å². The highest BCUT2D eigenvalue weighted by atomic mass is 16.3. The van der Waals surface area contributed by atoms with E-state index in [9.17, 15) is 14.7 Å². The highest BCUT2D eigenvalue weighted by Crippen LogP contribution is 2.31. The minimum Gasteiger partial charge on any atom is -0.393 e. The average Bonchev–Trinajstić information content (AvgIpc) is 2.58. The van der Waals surface area contributed by atoms with Crippen molar-refractivity contribution in [3.05, 3.63) is 35.9 Å². The quantitative estimate of drug-likeness (QED) is 0.823. The fourth-order valence-electron chi connectivity index (χ4n) is 3.97. The van der Waals surface area contributed by atoms with Crippen LogP contribution in [0.5, 0.6) is 0 Å². The summed E-state index contributed by atoms with van der Waals surface area (Å²) in [5, 5.41) is 12.5. The number of piperidine rings is 1. The predicted octanol–water partition coefficient (Wildman–Crippen LogP) is 1.52. The lowest BCUT2D eigenvalue weighted by molar-refractivity contribution is -0.148. The molecule has 2 fully saturated rings. The van der Waals surface area contributed by atoms with Gasteiger partial charge >= 0.3 is 0 Å². The average molecular weight is 330 g/mol. The SMILES string of the molecule is C[C@@H](O)C1C(=O)N[C@@H]1[C@@H](C)C(=O)N1CCC(c2ccccc2)CC1. The maximum Gasteiger partial charge on any atom is 0.228 e. The Morgan fingerprint density at radius 3 is 2.38 bits per heavy atom. The van der Waals surface area contributed by atoms with Crippen molar-refractivity contribution in [2.24, 2.45) is 11.8 Å². The van der Waals surface area contributed by atoms with Crippen molar-refractivity contribution in [2.75, 3.05) is 13.1 Å². The van der Waals surface area contributed by atoms with Crippen LogP contribution in [0.3, 0.4) is 0 Å². The van der Waals surface area contributed by atoms with Crippen molar-refractivity contribution in [2.45, 2.75) is 44.8 Å². The van der Waals surface area contributed by atoms with Crippen molar-refractivity contribution in [3.63, 3.8) is 0 Å². The number of benzene rings is 1. The van der Waals surface area contributed by atoms with Crippen LogP contribution in [0.2, 0.25) is 0 Å². The third-order valence-corrected chi connectivity index (χ3v) is 5.52. The van der Waals surface area contributed by atoms with Gasteiger partial charge in [0.2, 0.25) is 11.8 Å². The second-order valence-electron chi connectivity index (χ2n) is 7.10. The van der Waals surface area contributed by atoms with Crippen molar-refractivity contribution >= 4 is 11.8 Å². The number of aliphatic hydroxyl groups excluding tert-OH is 1. The first-order valence-corrected chi connectivity index (χ1v) is 8.81. The second kappa shape index (κ2) is 6.93. The van der Waals surface area contributed by atoms with Crippen molar-refractivity contribution < 1.29 is 14.7 Å². The lowest BCUT2D eigenvalue weighted by atomic mass is 9.78. The molecule has 2 saturated heterocycles. The van der Waals surface area contributed by atoms with Crippen LogP contribution in [0, 0.1) is 11.8 Å². The summed E-state index contributed by atoms with van der Waals surface area (Å²) in [7, 11) is 0. The number of likely N-dealkylation sites (tertiary alicyclic amines) is 1. The molecule has 1 aromatic carbocycles. The third kappa shape index (κ3) is 3.18. The molecule has 0 spiro atoms. The molecule has 1 unspecified atom stereocenters. The Balaban J connectivity index is 1.56. The van der Waals surface area contributed by atoms with Crippen LogP contribution in [0.15, 0.2) is 30.3 Å². The summed E-state index contributed by atoms with van der Waals surface area (Å²) >= 11 is 0. The molecule has 2 amide bonds. The Kier molecular flexibility index (Phi) is 4.90. The lowest BCUT2D eigenvalue weighted by Gasteiger charge is -2.43. The summed E-state index contributed by atoms with van der Waals surface area (Å²) < 4.78 is 0. The first-order chi connectivity index (χ1) is 11.5. The summed E-state index contributed by atoms with van der Waals surface area (Å²) in [5.41, 5.74) is 1.35. The number of β-lactam (4-membered cyclic amide) rings is 1. The van der Waals surface area contributed by atoms with Crippen LogP contribution in [-0.2, 0) is 9.59 Å². The number of hydrogen-bond acceptors (Lipinski definition) is 3. The molecule has 0 bridgehead atoms. The highest BCUT2D eigenvalue weighted by Gasteiger charge is 2.47. The maximum absolute atomic E-state index is 12.7. The van der Waals surface area contributed by atoms with E-state index in [1.165, 1.54) is 5.56 Å². The molecule has 2 heterocycles. The zero-order chi connectivity index (χ0) is 17.3. The van der Waals surface area contributed by atoms with Crippen LogP contribution < -0.4 is 5.32 Å². The molecule has 4 atom stereocenters. The Morgan fingerprint density at radius 1 is 1.21 bits per heavy atom. The van der Waals surface area contributed by atoms with E-state index in [1.807, 2.05) is 17.9 Å². The van der Waals surface area contributed by atoms with Gasteiger partial charge < -0.3 is 15.3 Å². The van der Waals surface area contributed by atoms with Crippen LogP contribution in [0.1, 0.15) is 38.2 Å². The third-order valence-electron chi connectivity index (χ3n) is 5.52. The number of hydrogen-bond donors (Lipinski definition) is 2. The van der Waals surface area contributed by atoms with Gasteiger partial charge in [-0.3, -0.25) is 9.59 Å². The van der Waals surface area contributed by atoms with Crippen LogP contribution >= 0.6 is 0 Å². The largest absolute Gasteiger partial charge is 0.393 e. The first-order valence-electron chi connectivity index (χ1n) is 8.81. The topological polar surface area (TPSA) is 69.6 Å². The molecular formula is C19H26N2O3. The summed E-state index contributed by atoms with van der Waals surface area (Å²) in [6.07, 6.45) is 1.22. The van der Waals surface area contributed by atoms with Crippen molar-refractivity contribution in [1.82, 2.24) is 10.2 Å². The predicted molar refractivity (Wildman–Crippen MR) is 91.3 cm³/mol. The van der Waals surface area contributed by atoms with E-state index in [4.69, 9.17) is 0 Å². The zero-order valence-corrected chi connectivity index (χ0v) is 14.3. The monoisotopic (exact) mass is 330 g/mol. The molecule has 3 rings (SSSR count). The molecular weight excluding hydrogens is 304 g/mol.